The van der Waals surface area contributed by atoms with Crippen molar-refractivity contribution >= 4 is 21.4 Å². The third kappa shape index (κ3) is 4.66. The molecular weight excluding hydrogens is 298 g/mol. The lowest BCUT2D eigenvalue weighted by molar-refractivity contribution is -0.385. The van der Waals surface area contributed by atoms with Crippen LogP contribution in [-0.4, -0.2) is 40.1 Å². The largest absolute Gasteiger partial charge is 0.387 e. The van der Waals surface area contributed by atoms with Crippen LogP contribution in [0.4, 0.5) is 11.4 Å². The van der Waals surface area contributed by atoms with Crippen LogP contribution in [0, 0.1) is 10.1 Å². The first-order valence-corrected chi connectivity index (χ1v) is 7.77. The summed E-state index contributed by atoms with van der Waals surface area (Å²) in [5.41, 5.74) is 0.0194. The molecule has 0 saturated heterocycles. The number of benzene rings is 1. The van der Waals surface area contributed by atoms with E-state index < -0.39 is 14.9 Å². The smallest absolute Gasteiger partial charge is 0.270 e. The van der Waals surface area contributed by atoms with Crippen molar-refractivity contribution in [2.75, 3.05) is 26.1 Å². The van der Waals surface area contributed by atoms with Crippen LogP contribution in [0.1, 0.15) is 13.3 Å². The molecule has 0 aliphatic rings. The second-order valence-electron chi connectivity index (χ2n) is 4.49. The number of non-ortho nitro benzene ring substituents is 1. The molecule has 1 aromatic rings. The normalized spacial score (nSPS) is 12.9. The Morgan fingerprint density at radius 3 is 2.62 bits per heavy atom. The van der Waals surface area contributed by atoms with E-state index in [0.717, 1.165) is 6.07 Å². The van der Waals surface area contributed by atoms with Gasteiger partial charge in [-0.05, 0) is 19.4 Å². The summed E-state index contributed by atoms with van der Waals surface area (Å²) in [5, 5.41) is 13.5. The van der Waals surface area contributed by atoms with Crippen LogP contribution in [0.2, 0.25) is 0 Å². The quantitative estimate of drug-likeness (QED) is 0.553. The van der Waals surface area contributed by atoms with Gasteiger partial charge in [0.2, 0.25) is 10.0 Å². The Labute approximate surface area is 123 Å². The van der Waals surface area contributed by atoms with E-state index >= 15 is 0 Å². The topological polar surface area (TPSA) is 111 Å². The Morgan fingerprint density at radius 1 is 1.43 bits per heavy atom. The predicted octanol–water partition coefficient (Wildman–Crippen LogP) is 1.34. The molecule has 1 atom stereocenters. The van der Waals surface area contributed by atoms with Gasteiger partial charge in [0.05, 0.1) is 10.6 Å². The van der Waals surface area contributed by atoms with Crippen molar-refractivity contribution in [3.8, 4) is 0 Å². The van der Waals surface area contributed by atoms with Gasteiger partial charge in [0.1, 0.15) is 4.90 Å². The molecule has 1 aromatic carbocycles. The van der Waals surface area contributed by atoms with E-state index in [-0.39, 0.29) is 16.6 Å². The Bertz CT molecular complexity index is 603. The molecule has 0 saturated carbocycles. The first-order chi connectivity index (χ1) is 9.81. The minimum atomic E-state index is -3.86. The molecule has 2 N–H and O–H groups in total. The fraction of sp³-hybridized carbons (Fsp3) is 0.500. The Balaban J connectivity index is 3.11. The van der Waals surface area contributed by atoms with Gasteiger partial charge in [-0.1, -0.05) is 0 Å². The van der Waals surface area contributed by atoms with Gasteiger partial charge in [0, 0.05) is 38.9 Å². The maximum absolute atomic E-state index is 12.3. The predicted molar refractivity (Wildman–Crippen MR) is 78.9 cm³/mol. The van der Waals surface area contributed by atoms with Crippen LogP contribution in [0.15, 0.2) is 23.1 Å². The number of nitrogens with one attached hydrogen (secondary N) is 2. The molecule has 0 spiro atoms. The van der Waals surface area contributed by atoms with E-state index in [1.807, 2.05) is 0 Å². The number of ether oxygens (including phenoxy) is 1. The number of nitrogens with zero attached hydrogens (tertiary/aromatic N) is 1. The fourth-order valence-corrected chi connectivity index (χ4v) is 3.25. The van der Waals surface area contributed by atoms with E-state index in [4.69, 9.17) is 4.74 Å². The highest BCUT2D eigenvalue weighted by molar-refractivity contribution is 7.89. The average Bonchev–Trinajstić information content (AvgIpc) is 2.43. The zero-order valence-corrected chi connectivity index (χ0v) is 12.9. The van der Waals surface area contributed by atoms with Crippen molar-refractivity contribution < 1.29 is 18.1 Å². The second-order valence-corrected chi connectivity index (χ2v) is 6.17. The van der Waals surface area contributed by atoms with E-state index in [0.29, 0.717) is 18.7 Å². The Kier molecular flexibility index (Phi) is 6.06. The summed E-state index contributed by atoms with van der Waals surface area (Å²) >= 11 is 0. The third-order valence-electron chi connectivity index (χ3n) is 2.85. The molecule has 0 heterocycles. The molecule has 0 aromatic heterocycles. The van der Waals surface area contributed by atoms with Crippen molar-refractivity contribution in [2.24, 2.45) is 0 Å². The lowest BCUT2D eigenvalue weighted by Gasteiger charge is -2.15. The van der Waals surface area contributed by atoms with E-state index in [9.17, 15) is 18.5 Å². The first kappa shape index (κ1) is 17.3. The highest BCUT2D eigenvalue weighted by atomic mass is 32.2. The number of methoxy groups -OCH3 is 1. The van der Waals surface area contributed by atoms with Crippen molar-refractivity contribution in [3.05, 3.63) is 28.3 Å². The number of rotatable bonds is 8. The molecule has 1 rings (SSSR count). The SMILES string of the molecule is CNc1ccc([N+](=O)[O-])cc1S(=O)(=O)NC(C)CCOC. The summed E-state index contributed by atoms with van der Waals surface area (Å²) in [4.78, 5) is 10.0. The molecule has 1 unspecified atom stereocenters. The summed E-state index contributed by atoms with van der Waals surface area (Å²) in [7, 11) is -0.782. The fourth-order valence-electron chi connectivity index (χ4n) is 1.74. The van der Waals surface area contributed by atoms with E-state index in [1.54, 1.807) is 14.0 Å². The number of nitro benzene ring substituents is 1. The Hall–Kier alpha value is -1.71. The number of anilines is 1. The van der Waals surface area contributed by atoms with Crippen LogP contribution in [0.25, 0.3) is 0 Å². The second kappa shape index (κ2) is 7.34. The number of hydrogen-bond acceptors (Lipinski definition) is 6. The highest BCUT2D eigenvalue weighted by Gasteiger charge is 2.23. The van der Waals surface area contributed by atoms with Crippen LogP contribution in [0.5, 0.6) is 0 Å². The van der Waals surface area contributed by atoms with Crippen LogP contribution < -0.4 is 10.0 Å². The molecule has 0 fully saturated rings. The summed E-state index contributed by atoms with van der Waals surface area (Å²) < 4.78 is 32.1. The molecule has 0 amide bonds. The summed E-state index contributed by atoms with van der Waals surface area (Å²) in [5.74, 6) is 0. The molecule has 21 heavy (non-hydrogen) atoms. The van der Waals surface area contributed by atoms with Gasteiger partial charge in [0.15, 0.2) is 0 Å². The van der Waals surface area contributed by atoms with Gasteiger partial charge in [0.25, 0.3) is 5.69 Å². The molecule has 0 radical (unpaired) electrons. The van der Waals surface area contributed by atoms with Gasteiger partial charge < -0.3 is 10.1 Å². The molecule has 8 nitrogen and oxygen atoms in total. The minimum Gasteiger partial charge on any atom is -0.387 e. The van der Waals surface area contributed by atoms with Crippen LogP contribution in [-0.2, 0) is 14.8 Å². The van der Waals surface area contributed by atoms with Crippen LogP contribution >= 0.6 is 0 Å². The molecule has 118 valence electrons. The molecule has 0 aliphatic heterocycles. The van der Waals surface area contributed by atoms with Crippen molar-refractivity contribution in [2.45, 2.75) is 24.3 Å². The van der Waals surface area contributed by atoms with Gasteiger partial charge in [-0.3, -0.25) is 10.1 Å². The first-order valence-electron chi connectivity index (χ1n) is 6.29. The van der Waals surface area contributed by atoms with Gasteiger partial charge in [-0.15, -0.1) is 0 Å². The van der Waals surface area contributed by atoms with Crippen molar-refractivity contribution in [1.29, 1.82) is 0 Å². The molecule has 0 bridgehead atoms. The summed E-state index contributed by atoms with van der Waals surface area (Å²) in [6, 6.07) is 3.31. The third-order valence-corrected chi connectivity index (χ3v) is 4.48. The average molecular weight is 317 g/mol. The van der Waals surface area contributed by atoms with Gasteiger partial charge in [-0.25, -0.2) is 13.1 Å². The van der Waals surface area contributed by atoms with Crippen LogP contribution in [0.3, 0.4) is 0 Å². The molecular formula is C12H19N3O5S. The van der Waals surface area contributed by atoms with Crippen molar-refractivity contribution in [3.63, 3.8) is 0 Å². The number of hydrogen-bond donors (Lipinski definition) is 2. The maximum atomic E-state index is 12.3. The molecule has 9 heteroatoms. The lowest BCUT2D eigenvalue weighted by atomic mass is 10.3. The van der Waals surface area contributed by atoms with E-state index in [1.165, 1.54) is 19.2 Å². The van der Waals surface area contributed by atoms with Gasteiger partial charge >= 0.3 is 0 Å². The zero-order valence-electron chi connectivity index (χ0n) is 12.1. The lowest BCUT2D eigenvalue weighted by Crippen LogP contribution is -2.33. The summed E-state index contributed by atoms with van der Waals surface area (Å²) in [6.07, 6.45) is 0.500. The zero-order chi connectivity index (χ0) is 16.0. The van der Waals surface area contributed by atoms with Crippen molar-refractivity contribution in [1.82, 2.24) is 4.72 Å². The minimum absolute atomic E-state index is 0.150. The number of sulfonamides is 1. The summed E-state index contributed by atoms with van der Waals surface area (Å²) in [6.45, 7) is 2.12. The Morgan fingerprint density at radius 2 is 2.10 bits per heavy atom. The highest BCUT2D eigenvalue weighted by Crippen LogP contribution is 2.26. The number of nitro groups is 1. The standard InChI is InChI=1S/C12H19N3O5S/c1-9(6-7-20-3)14-21(18,19)12-8-10(15(16)17)4-5-11(12)13-2/h4-5,8-9,13-14H,6-7H2,1-3H3. The van der Waals surface area contributed by atoms with E-state index in [2.05, 4.69) is 10.0 Å². The van der Waals surface area contributed by atoms with Gasteiger partial charge in [-0.2, -0.15) is 0 Å². The monoisotopic (exact) mass is 317 g/mol. The maximum Gasteiger partial charge on any atom is 0.270 e. The molecule has 0 aliphatic carbocycles.